The Labute approximate surface area is 262 Å². The number of hydrogen-bond acceptors (Lipinski definition) is 17. The zero-order valence-corrected chi connectivity index (χ0v) is 25.2. The number of nitrogens with one attached hydrogen (secondary N) is 1. The van der Waals surface area contributed by atoms with Gasteiger partial charge in [-0.2, -0.15) is 0 Å². The summed E-state index contributed by atoms with van der Waals surface area (Å²) < 4.78 is 22.3. The molecule has 12 N–H and O–H groups in total. The number of carboxylic acids is 1. The molecule has 266 valence electrons. The summed E-state index contributed by atoms with van der Waals surface area (Å²) in [5.74, 6) is -4.03. The molecular weight excluding hydrogens is 626 g/mol. The van der Waals surface area contributed by atoms with Crippen LogP contribution >= 0.6 is 0 Å². The van der Waals surface area contributed by atoms with Crippen LogP contribution in [0.3, 0.4) is 0 Å². The molecule has 1 saturated carbocycles. The third-order valence-electron chi connectivity index (χ3n) is 8.70. The minimum atomic E-state index is -2.33. The summed E-state index contributed by atoms with van der Waals surface area (Å²) in [6.07, 6.45) is -23.8. The van der Waals surface area contributed by atoms with Crippen molar-refractivity contribution in [2.75, 3.05) is 19.8 Å². The first-order valence-electron chi connectivity index (χ1n) is 14.7. The van der Waals surface area contributed by atoms with E-state index in [0.29, 0.717) is 0 Å². The van der Waals surface area contributed by atoms with Crippen LogP contribution in [0.25, 0.3) is 0 Å². The SMILES string of the molecule is CC(=O)C[C@@H]1O[C@H](CO)[C@@H](O[C@@H]2O[C@H](CO[C@@]3(C(=O)O)C[C@@H]([C@H](O)[C@H](O)CO)[C@H](NC(C)=O)[C@@H](O)C3)[C@H](O)[C@H](O)[C@H]2O)[C@H](O)[C@H]1O. The summed E-state index contributed by atoms with van der Waals surface area (Å²) in [6, 6.07) is -1.26. The standard InChI is InChI=1S/C27H45NO18/c1-9(31)3-14-19(36)22(39)24(15(7-30)44-14)46-25-23(40)21(38)20(37)16(45-25)8-43-27(26(41)42)4-11(18(35)13(34)6-29)17(12(33)5-27)28-10(2)32/h11-25,29-30,33-40H,3-8H2,1-2H3,(H,28,32)(H,41,42)/t11-,12+,13-,14+,15-,16-,17+,18+,19+,20+,21+,22-,23-,24-,25+,27+/m1/s1. The molecule has 0 aromatic heterocycles. The Balaban J connectivity index is 1.81. The fourth-order valence-corrected chi connectivity index (χ4v) is 6.21. The zero-order chi connectivity index (χ0) is 34.7. The Morgan fingerprint density at radius 1 is 0.870 bits per heavy atom. The van der Waals surface area contributed by atoms with Gasteiger partial charge in [0, 0.05) is 25.7 Å². The maximum absolute atomic E-state index is 12.5. The molecule has 3 rings (SSSR count). The van der Waals surface area contributed by atoms with Gasteiger partial charge in [-0.25, -0.2) is 4.79 Å². The third-order valence-corrected chi connectivity index (χ3v) is 8.70. The first-order valence-corrected chi connectivity index (χ1v) is 14.7. The molecule has 0 radical (unpaired) electrons. The van der Waals surface area contributed by atoms with Crippen LogP contribution in [-0.2, 0) is 33.3 Å². The molecule has 46 heavy (non-hydrogen) atoms. The van der Waals surface area contributed by atoms with Gasteiger partial charge in [0.15, 0.2) is 11.9 Å². The van der Waals surface area contributed by atoms with E-state index < -0.39 is 142 Å². The summed E-state index contributed by atoms with van der Waals surface area (Å²) in [6.45, 7) is -0.205. The second kappa shape index (κ2) is 16.0. The second-order valence-corrected chi connectivity index (χ2v) is 12.1. The van der Waals surface area contributed by atoms with Gasteiger partial charge in [-0.1, -0.05) is 0 Å². The van der Waals surface area contributed by atoms with Crippen molar-refractivity contribution in [1.29, 1.82) is 0 Å². The lowest BCUT2D eigenvalue weighted by Crippen LogP contribution is -2.66. The van der Waals surface area contributed by atoms with E-state index in [0.717, 1.165) is 6.92 Å². The van der Waals surface area contributed by atoms with Crippen LogP contribution in [-0.4, -0.2) is 185 Å². The van der Waals surface area contributed by atoms with Gasteiger partial charge in [-0.15, -0.1) is 0 Å². The number of aliphatic hydroxyl groups is 10. The molecule has 3 fully saturated rings. The van der Waals surface area contributed by atoms with Crippen LogP contribution in [0.1, 0.15) is 33.1 Å². The maximum Gasteiger partial charge on any atom is 0.336 e. The predicted octanol–water partition coefficient (Wildman–Crippen LogP) is -6.53. The van der Waals surface area contributed by atoms with Gasteiger partial charge in [0.2, 0.25) is 5.91 Å². The van der Waals surface area contributed by atoms with Crippen molar-refractivity contribution in [3.63, 3.8) is 0 Å². The fraction of sp³-hybridized carbons (Fsp3) is 0.889. The number of ketones is 1. The van der Waals surface area contributed by atoms with E-state index in [2.05, 4.69) is 5.32 Å². The summed E-state index contributed by atoms with van der Waals surface area (Å²) in [5, 5.41) is 116. The minimum Gasteiger partial charge on any atom is -0.479 e. The van der Waals surface area contributed by atoms with E-state index in [9.17, 15) is 70.6 Å². The fourth-order valence-electron chi connectivity index (χ4n) is 6.21. The minimum absolute atomic E-state index is 0.295. The van der Waals surface area contributed by atoms with Crippen molar-refractivity contribution in [1.82, 2.24) is 5.32 Å². The van der Waals surface area contributed by atoms with Crippen molar-refractivity contribution in [3.05, 3.63) is 0 Å². The molecular formula is C27H45NO18. The van der Waals surface area contributed by atoms with Gasteiger partial charge in [0.05, 0.1) is 44.2 Å². The molecule has 3 aliphatic rings. The maximum atomic E-state index is 12.5. The number of amides is 1. The average Bonchev–Trinajstić information content (AvgIpc) is 2.99. The van der Waals surface area contributed by atoms with Crippen molar-refractivity contribution in [2.24, 2.45) is 5.92 Å². The lowest BCUT2D eigenvalue weighted by molar-refractivity contribution is -0.345. The average molecular weight is 672 g/mol. The molecule has 1 amide bonds. The number of ether oxygens (including phenoxy) is 4. The van der Waals surface area contributed by atoms with E-state index in [-0.39, 0.29) is 12.2 Å². The van der Waals surface area contributed by atoms with Crippen molar-refractivity contribution in [2.45, 2.75) is 124 Å². The molecule has 1 aliphatic carbocycles. The summed E-state index contributed by atoms with van der Waals surface area (Å²) in [4.78, 5) is 35.8. The van der Waals surface area contributed by atoms with Gasteiger partial charge in [0.25, 0.3) is 0 Å². The smallest absolute Gasteiger partial charge is 0.336 e. The van der Waals surface area contributed by atoms with Gasteiger partial charge in [-0.05, 0) is 13.3 Å². The number of hydrogen-bond donors (Lipinski definition) is 12. The number of Topliss-reactive ketones (excluding diaryl/α,β-unsaturated/α-hetero) is 1. The van der Waals surface area contributed by atoms with E-state index >= 15 is 0 Å². The molecule has 0 unspecified atom stereocenters. The number of rotatable bonds is 13. The quantitative estimate of drug-likeness (QED) is 0.0865. The molecule has 19 heteroatoms. The molecule has 0 spiro atoms. The first kappa shape index (κ1) is 38.5. The van der Waals surface area contributed by atoms with E-state index in [1.165, 1.54) is 6.92 Å². The van der Waals surface area contributed by atoms with E-state index in [1.807, 2.05) is 0 Å². The van der Waals surface area contributed by atoms with Crippen molar-refractivity contribution < 1.29 is 89.5 Å². The highest BCUT2D eigenvalue weighted by Crippen LogP contribution is 2.40. The van der Waals surface area contributed by atoms with E-state index in [4.69, 9.17) is 18.9 Å². The largest absolute Gasteiger partial charge is 0.479 e. The topological polar surface area (TPSA) is 323 Å². The lowest BCUT2D eigenvalue weighted by Gasteiger charge is -2.48. The number of aliphatic carboxylic acids is 1. The van der Waals surface area contributed by atoms with E-state index in [1.54, 1.807) is 0 Å². The predicted molar refractivity (Wildman–Crippen MR) is 146 cm³/mol. The van der Waals surface area contributed by atoms with Gasteiger partial charge >= 0.3 is 5.97 Å². The molecule has 2 aliphatic heterocycles. The Bertz CT molecular complexity index is 1050. The van der Waals surface area contributed by atoms with Crippen molar-refractivity contribution in [3.8, 4) is 0 Å². The Kier molecular flexibility index (Phi) is 13.4. The summed E-state index contributed by atoms with van der Waals surface area (Å²) in [5.41, 5.74) is -2.33. The Morgan fingerprint density at radius 2 is 1.50 bits per heavy atom. The van der Waals surface area contributed by atoms with Crippen LogP contribution in [0.15, 0.2) is 0 Å². The number of aliphatic hydroxyl groups excluding tert-OH is 10. The number of carbonyl (C=O) groups excluding carboxylic acids is 2. The van der Waals surface area contributed by atoms with Crippen molar-refractivity contribution >= 4 is 17.7 Å². The highest BCUT2D eigenvalue weighted by Gasteiger charge is 2.56. The van der Waals surface area contributed by atoms with Crippen LogP contribution in [0.4, 0.5) is 0 Å². The zero-order valence-electron chi connectivity index (χ0n) is 25.2. The normalized spacial score (nSPS) is 43.0. The Hall–Kier alpha value is -1.95. The molecule has 0 aromatic rings. The molecule has 0 bridgehead atoms. The van der Waals surface area contributed by atoms with Gasteiger partial charge in [-0.3, -0.25) is 9.59 Å². The first-order chi connectivity index (χ1) is 21.5. The van der Waals surface area contributed by atoms with Crippen LogP contribution in [0, 0.1) is 5.92 Å². The molecule has 19 nitrogen and oxygen atoms in total. The second-order valence-electron chi connectivity index (χ2n) is 12.1. The Morgan fingerprint density at radius 3 is 2.04 bits per heavy atom. The number of carbonyl (C=O) groups is 3. The number of carboxylic acid groups (broad SMARTS) is 1. The highest BCUT2D eigenvalue weighted by atomic mass is 16.7. The monoisotopic (exact) mass is 671 g/mol. The van der Waals surface area contributed by atoms with Gasteiger partial charge < -0.3 is 80.4 Å². The lowest BCUT2D eigenvalue weighted by atomic mass is 9.70. The van der Waals surface area contributed by atoms with Crippen LogP contribution in [0.2, 0.25) is 0 Å². The highest BCUT2D eigenvalue weighted by molar-refractivity contribution is 5.78. The summed E-state index contributed by atoms with van der Waals surface area (Å²) >= 11 is 0. The molecule has 16 atom stereocenters. The third kappa shape index (κ3) is 8.36. The van der Waals surface area contributed by atoms with Crippen LogP contribution in [0.5, 0.6) is 0 Å². The van der Waals surface area contributed by atoms with Gasteiger partial charge in [0.1, 0.15) is 60.7 Å². The van der Waals surface area contributed by atoms with Crippen LogP contribution < -0.4 is 5.32 Å². The molecule has 0 aromatic carbocycles. The summed E-state index contributed by atoms with van der Waals surface area (Å²) in [7, 11) is 0. The molecule has 2 saturated heterocycles. The molecule has 2 heterocycles.